The predicted octanol–water partition coefficient (Wildman–Crippen LogP) is 2.14. The summed E-state index contributed by atoms with van der Waals surface area (Å²) in [4.78, 5) is 31.5. The molecule has 2 aliphatic heterocycles. The molecule has 204 valence electrons. The first kappa shape index (κ1) is 25.8. The van der Waals surface area contributed by atoms with Crippen molar-refractivity contribution in [3.05, 3.63) is 101 Å². The summed E-state index contributed by atoms with van der Waals surface area (Å²) in [5.74, 6) is -0.574. The second-order valence-corrected chi connectivity index (χ2v) is 10.4. The lowest BCUT2D eigenvalue weighted by molar-refractivity contribution is 0.0534. The quantitative estimate of drug-likeness (QED) is 0.323. The van der Waals surface area contributed by atoms with Crippen LogP contribution in [0.4, 0.5) is 0 Å². The molecule has 11 heteroatoms. The molecule has 6 rings (SSSR count). The van der Waals surface area contributed by atoms with Crippen LogP contribution in [0.2, 0.25) is 0 Å². The number of benzene rings is 2. The number of aliphatic hydroxyl groups excluding tert-OH is 1. The van der Waals surface area contributed by atoms with Crippen molar-refractivity contribution in [2.24, 2.45) is 0 Å². The van der Waals surface area contributed by atoms with Gasteiger partial charge in [0.15, 0.2) is 0 Å². The Morgan fingerprint density at radius 2 is 2.02 bits per heavy atom. The molecule has 4 aromatic rings. The number of rotatable bonds is 8. The number of hydrogen-bond acceptors (Lipinski definition) is 9. The number of aromatic nitrogens is 5. The van der Waals surface area contributed by atoms with Gasteiger partial charge in [-0.15, -0.1) is 5.10 Å². The molecule has 1 fully saturated rings. The van der Waals surface area contributed by atoms with E-state index in [9.17, 15) is 14.7 Å². The number of carbonyl (C=O) groups is 2. The highest BCUT2D eigenvalue weighted by Crippen LogP contribution is 2.36. The number of pyridine rings is 1. The van der Waals surface area contributed by atoms with Crippen LogP contribution < -0.4 is 5.32 Å². The van der Waals surface area contributed by atoms with Crippen molar-refractivity contribution in [2.45, 2.75) is 31.5 Å². The van der Waals surface area contributed by atoms with Crippen LogP contribution in [-0.4, -0.2) is 73.3 Å². The normalized spacial score (nSPS) is 19.3. The fraction of sp³-hybridized carbons (Fsp3) is 0.310. The molecule has 2 N–H and O–H groups in total. The molecule has 0 spiro atoms. The summed E-state index contributed by atoms with van der Waals surface area (Å²) in [5.41, 5.74) is 4.91. The topological polar surface area (TPSA) is 135 Å². The van der Waals surface area contributed by atoms with Gasteiger partial charge in [-0.1, -0.05) is 36.4 Å². The van der Waals surface area contributed by atoms with E-state index in [1.54, 1.807) is 24.4 Å². The average molecular weight is 540 g/mol. The van der Waals surface area contributed by atoms with Gasteiger partial charge in [0.05, 0.1) is 23.6 Å². The third kappa shape index (κ3) is 4.85. The van der Waals surface area contributed by atoms with E-state index in [0.29, 0.717) is 36.6 Å². The van der Waals surface area contributed by atoms with Gasteiger partial charge in [0.2, 0.25) is 0 Å². The van der Waals surface area contributed by atoms with Crippen molar-refractivity contribution in [3.63, 3.8) is 0 Å². The van der Waals surface area contributed by atoms with Gasteiger partial charge in [-0.25, -0.2) is 9.78 Å². The van der Waals surface area contributed by atoms with Gasteiger partial charge < -0.3 is 15.2 Å². The Morgan fingerprint density at radius 3 is 2.77 bits per heavy atom. The summed E-state index contributed by atoms with van der Waals surface area (Å²) in [6.45, 7) is 4.48. The number of esters is 1. The Bertz CT molecular complexity index is 1530. The van der Waals surface area contributed by atoms with Gasteiger partial charge in [-0.2, -0.15) is 4.68 Å². The van der Waals surface area contributed by atoms with E-state index in [2.05, 4.69) is 42.9 Å². The number of carbonyl (C=O) groups excluding carboxylic acids is 2. The first-order chi connectivity index (χ1) is 19.4. The molecule has 0 aliphatic carbocycles. The maximum absolute atomic E-state index is 13.1. The fourth-order valence-corrected chi connectivity index (χ4v) is 5.73. The van der Waals surface area contributed by atoms with Crippen molar-refractivity contribution < 1.29 is 19.4 Å². The molecule has 1 saturated heterocycles. The molecule has 11 nitrogen and oxygen atoms in total. The molecule has 2 aliphatic rings. The lowest BCUT2D eigenvalue weighted by Crippen LogP contribution is -2.43. The van der Waals surface area contributed by atoms with Crippen LogP contribution in [0, 0.1) is 6.92 Å². The molecule has 0 saturated carbocycles. The molecule has 1 amide bonds. The summed E-state index contributed by atoms with van der Waals surface area (Å²) < 4.78 is 6.64. The maximum Gasteiger partial charge on any atom is 0.338 e. The van der Waals surface area contributed by atoms with E-state index in [1.165, 1.54) is 11.0 Å². The van der Waals surface area contributed by atoms with E-state index in [0.717, 1.165) is 35.2 Å². The Hall–Kier alpha value is -4.48. The number of likely N-dealkylation sites (tertiary alicyclic amines) is 1. The lowest BCUT2D eigenvalue weighted by atomic mass is 9.79. The number of β-amino-alcohol motifs (C(OH)–C–C–N with tert-alkyl or cyclic N) is 1. The first-order valence-electron chi connectivity index (χ1n) is 13.2. The summed E-state index contributed by atoms with van der Waals surface area (Å²) >= 11 is 0. The van der Waals surface area contributed by atoms with Gasteiger partial charge in [-0.3, -0.25) is 9.69 Å². The molecule has 2 aromatic heterocycles. The lowest BCUT2D eigenvalue weighted by Gasteiger charge is -2.31. The number of ether oxygens (including phenoxy) is 1. The summed E-state index contributed by atoms with van der Waals surface area (Å²) in [5, 5.41) is 25.4. The molecular formula is C29H29N7O4. The molecule has 4 heterocycles. The smallest absolute Gasteiger partial charge is 0.338 e. The molecule has 40 heavy (non-hydrogen) atoms. The van der Waals surface area contributed by atoms with Crippen LogP contribution in [-0.2, 0) is 16.8 Å². The molecule has 1 unspecified atom stereocenters. The van der Waals surface area contributed by atoms with Crippen molar-refractivity contribution in [1.29, 1.82) is 0 Å². The highest BCUT2D eigenvalue weighted by Gasteiger charge is 2.40. The zero-order chi connectivity index (χ0) is 27.7. The Labute approximate surface area is 230 Å². The van der Waals surface area contributed by atoms with Crippen LogP contribution >= 0.6 is 0 Å². The van der Waals surface area contributed by atoms with Gasteiger partial charge in [0, 0.05) is 30.6 Å². The summed E-state index contributed by atoms with van der Waals surface area (Å²) in [6.07, 6.45) is 3.12. The Morgan fingerprint density at radius 1 is 1.18 bits per heavy atom. The maximum atomic E-state index is 13.1. The van der Waals surface area contributed by atoms with E-state index in [1.807, 2.05) is 31.2 Å². The van der Waals surface area contributed by atoms with Crippen molar-refractivity contribution in [3.8, 4) is 5.69 Å². The number of nitrogens with one attached hydrogen (secondary N) is 1. The van der Waals surface area contributed by atoms with Gasteiger partial charge in [0.25, 0.3) is 5.91 Å². The Balaban J connectivity index is 1.15. The molecule has 2 aromatic carbocycles. The van der Waals surface area contributed by atoms with Gasteiger partial charge >= 0.3 is 5.97 Å². The number of hydrogen-bond donors (Lipinski definition) is 2. The van der Waals surface area contributed by atoms with Gasteiger partial charge in [0.1, 0.15) is 18.6 Å². The summed E-state index contributed by atoms with van der Waals surface area (Å²) in [6, 6.07) is 17.1. The van der Waals surface area contributed by atoms with Crippen LogP contribution in [0.5, 0.6) is 0 Å². The molecule has 0 bridgehead atoms. The number of aliphatic hydroxyl groups is 1. The zero-order valence-electron chi connectivity index (χ0n) is 22.0. The van der Waals surface area contributed by atoms with Crippen molar-refractivity contribution in [1.82, 2.24) is 35.4 Å². The average Bonchev–Trinajstić information content (AvgIpc) is 3.74. The van der Waals surface area contributed by atoms with Crippen LogP contribution in [0.3, 0.4) is 0 Å². The third-order valence-electron chi connectivity index (χ3n) is 8.00. The van der Waals surface area contributed by atoms with Crippen LogP contribution in [0.15, 0.2) is 67.1 Å². The first-order valence-corrected chi connectivity index (χ1v) is 13.2. The number of fused-ring (bicyclic) bond motifs is 1. The van der Waals surface area contributed by atoms with Crippen LogP contribution in [0.25, 0.3) is 5.69 Å². The predicted molar refractivity (Wildman–Crippen MR) is 144 cm³/mol. The second kappa shape index (κ2) is 10.6. The minimum atomic E-state index is -0.718. The van der Waals surface area contributed by atoms with E-state index in [-0.39, 0.29) is 23.9 Å². The molecule has 2 atom stereocenters. The second-order valence-electron chi connectivity index (χ2n) is 10.4. The third-order valence-corrected chi connectivity index (χ3v) is 8.00. The number of nitrogens with zero attached hydrogens (tertiary/aromatic N) is 6. The number of tetrazole rings is 1. The highest BCUT2D eigenvalue weighted by molar-refractivity contribution is 5.94. The summed E-state index contributed by atoms with van der Waals surface area (Å²) in [7, 11) is 0. The van der Waals surface area contributed by atoms with E-state index < -0.39 is 6.10 Å². The minimum Gasteiger partial charge on any atom is -0.457 e. The highest BCUT2D eigenvalue weighted by atomic mass is 16.5. The Kier molecular flexibility index (Phi) is 6.82. The zero-order valence-corrected chi connectivity index (χ0v) is 22.0. The SMILES string of the molecule is Cc1c([C@H](O)CN2CCC(CNC(=O)c3ccc(-n4cnnn4)cn3)(c3ccccc3)C2)ccc2c1COC2=O. The van der Waals surface area contributed by atoms with Crippen molar-refractivity contribution in [2.75, 3.05) is 26.2 Å². The molecular weight excluding hydrogens is 510 g/mol. The molecule has 0 radical (unpaired) electrons. The monoisotopic (exact) mass is 539 g/mol. The largest absolute Gasteiger partial charge is 0.457 e. The standard InChI is InChI=1S/C29H29N7O4/c1-19-22(8-9-23-24(19)15-40-28(23)39)26(37)14-35-12-11-29(17-35,20-5-3-2-4-6-20)16-31-27(38)25-10-7-21(13-30-25)36-18-32-33-34-36/h2-10,13,18,26,37H,11-12,14-17H2,1H3,(H,31,38)/t26-,29?/m1/s1. The van der Waals surface area contributed by atoms with Crippen LogP contribution in [0.1, 0.15) is 55.6 Å². The van der Waals surface area contributed by atoms with Crippen molar-refractivity contribution >= 4 is 11.9 Å². The number of amides is 1. The van der Waals surface area contributed by atoms with Gasteiger partial charge in [-0.05, 0) is 65.2 Å². The number of cyclic esters (lactones) is 1. The fourth-order valence-electron chi connectivity index (χ4n) is 5.73. The van der Waals surface area contributed by atoms with E-state index >= 15 is 0 Å². The minimum absolute atomic E-state index is 0.246. The van der Waals surface area contributed by atoms with E-state index in [4.69, 9.17) is 4.74 Å².